The molecule has 19 N–H and O–H groups in total. The van der Waals surface area contributed by atoms with Crippen molar-refractivity contribution in [2.24, 2.45) is 50.3 Å². The average molecular weight is 725 g/mol. The van der Waals surface area contributed by atoms with Gasteiger partial charge in [0.15, 0.2) is 11.9 Å². The molecule has 0 heterocycles. The summed E-state index contributed by atoms with van der Waals surface area (Å²) in [6, 6.07) is -6.82. The normalized spacial score (nSPS) is 14.3. The lowest BCUT2D eigenvalue weighted by molar-refractivity contribution is -0.143. The first kappa shape index (κ1) is 44.9. The van der Waals surface area contributed by atoms with E-state index in [1.54, 1.807) is 0 Å². The van der Waals surface area contributed by atoms with Gasteiger partial charge in [-0.3, -0.25) is 33.7 Å². The molecule has 0 saturated carbocycles. The minimum absolute atomic E-state index is 0.00875. The van der Waals surface area contributed by atoms with Gasteiger partial charge in [-0.15, -0.1) is 0 Å². The maximum Gasteiger partial charge on any atom is 0.469 e. The number of unbranched alkanes of at least 4 members (excludes halogenated alkanes) is 1. The van der Waals surface area contributed by atoms with Crippen molar-refractivity contribution >= 4 is 49.3 Å². The van der Waals surface area contributed by atoms with E-state index in [9.17, 15) is 43.4 Å². The number of hydrogen-bond donors (Lipinski definition) is 13. The van der Waals surface area contributed by atoms with E-state index in [4.69, 9.17) is 34.4 Å². The Morgan fingerprint density at radius 1 is 0.714 bits per heavy atom. The van der Waals surface area contributed by atoms with E-state index in [-0.39, 0.29) is 57.2 Å². The highest BCUT2D eigenvalue weighted by Crippen LogP contribution is 2.35. The molecule has 0 rings (SSSR count). The standard InChI is InChI=1S/C26H53N12O10P/c1-14(2)19(24(43)44)38-23(42)18(13-48-49(45,46)47)37-22(41)16(8-3-4-10-27)36-21(40)17(9-6-12-34-26(31)32)35-20(39)15(28)7-5-11-33-25(29)30/h14-19H,3-13,27-28H2,1-2H3,(H,35,39)(H,36,40)(H,37,41)(H,38,42)(H,43,44)(H4,29,30,33)(H4,31,32,34)(H2,45,46,47)/t15-,16-,17-,18-,19-/m0/s1. The molecule has 0 fully saturated rings. The van der Waals surface area contributed by atoms with E-state index in [2.05, 4.69) is 35.8 Å². The van der Waals surface area contributed by atoms with Crippen LogP contribution in [-0.2, 0) is 33.1 Å². The average Bonchev–Trinajstić information content (AvgIpc) is 2.99. The van der Waals surface area contributed by atoms with Crippen LogP contribution in [0.15, 0.2) is 9.98 Å². The largest absolute Gasteiger partial charge is 0.480 e. The molecule has 22 nitrogen and oxygen atoms in total. The highest BCUT2D eigenvalue weighted by Gasteiger charge is 2.33. The summed E-state index contributed by atoms with van der Waals surface area (Å²) in [6.07, 6.45) is 1.53. The van der Waals surface area contributed by atoms with Crippen LogP contribution in [0.5, 0.6) is 0 Å². The molecule has 0 radical (unpaired) electrons. The maximum absolute atomic E-state index is 13.5. The lowest BCUT2D eigenvalue weighted by atomic mass is 10.0. The van der Waals surface area contributed by atoms with E-state index >= 15 is 0 Å². The first-order chi connectivity index (χ1) is 22.8. The van der Waals surface area contributed by atoms with Gasteiger partial charge in [0, 0.05) is 13.1 Å². The van der Waals surface area contributed by atoms with Crippen LogP contribution in [0, 0.1) is 5.92 Å². The molecule has 0 aliphatic carbocycles. The molecule has 0 aromatic rings. The van der Waals surface area contributed by atoms with Crippen LogP contribution in [0.1, 0.15) is 58.8 Å². The van der Waals surface area contributed by atoms with Gasteiger partial charge in [-0.25, -0.2) is 9.36 Å². The van der Waals surface area contributed by atoms with Gasteiger partial charge in [-0.05, 0) is 57.4 Å². The van der Waals surface area contributed by atoms with E-state index in [1.165, 1.54) is 13.8 Å². The topological polar surface area (TPSA) is 401 Å². The van der Waals surface area contributed by atoms with Crippen molar-refractivity contribution in [3.63, 3.8) is 0 Å². The predicted molar refractivity (Wildman–Crippen MR) is 179 cm³/mol. The zero-order valence-corrected chi connectivity index (χ0v) is 28.6. The number of phosphoric acid groups is 1. The zero-order valence-electron chi connectivity index (χ0n) is 27.7. The molecular formula is C26H53N12O10P. The SMILES string of the molecule is CC(C)[C@H](NC(=O)[C@H](COP(=O)(O)O)NC(=O)[C@H](CCCCN)NC(=O)[C@H](CCCN=C(N)N)NC(=O)[C@@H](N)CCCN=C(N)N)C(=O)O. The van der Waals surface area contributed by atoms with Crippen LogP contribution in [-0.4, -0.2) is 113 Å². The van der Waals surface area contributed by atoms with Crippen LogP contribution in [0.4, 0.5) is 0 Å². The molecule has 4 amide bonds. The molecular weight excluding hydrogens is 671 g/mol. The molecule has 0 aliphatic rings. The van der Waals surface area contributed by atoms with E-state index in [1.807, 2.05) is 0 Å². The number of nitrogens with zero attached hydrogens (tertiary/aromatic N) is 2. The van der Waals surface area contributed by atoms with Gasteiger partial charge >= 0.3 is 13.8 Å². The van der Waals surface area contributed by atoms with Gasteiger partial charge in [-0.2, -0.15) is 0 Å². The second-order valence-electron chi connectivity index (χ2n) is 11.3. The van der Waals surface area contributed by atoms with Gasteiger partial charge in [0.1, 0.15) is 24.2 Å². The summed E-state index contributed by atoms with van der Waals surface area (Å²) in [6.45, 7) is 2.55. The number of guanidine groups is 2. The van der Waals surface area contributed by atoms with Crippen molar-refractivity contribution in [1.29, 1.82) is 0 Å². The monoisotopic (exact) mass is 724 g/mol. The van der Waals surface area contributed by atoms with Gasteiger partial charge in [0.25, 0.3) is 0 Å². The quantitative estimate of drug-likeness (QED) is 0.0182. The lowest BCUT2D eigenvalue weighted by Gasteiger charge is -2.27. The van der Waals surface area contributed by atoms with Gasteiger partial charge in [0.05, 0.1) is 12.6 Å². The minimum atomic E-state index is -5.14. The third kappa shape index (κ3) is 20.8. The fraction of sp³-hybridized carbons (Fsp3) is 0.731. The Morgan fingerprint density at radius 3 is 1.61 bits per heavy atom. The Morgan fingerprint density at radius 2 is 1.16 bits per heavy atom. The number of nitrogens with one attached hydrogen (secondary N) is 4. The van der Waals surface area contributed by atoms with Gasteiger partial charge in [-0.1, -0.05) is 13.8 Å². The number of amides is 4. The van der Waals surface area contributed by atoms with Gasteiger partial charge < -0.3 is 70.6 Å². The maximum atomic E-state index is 13.5. The smallest absolute Gasteiger partial charge is 0.469 e. The molecule has 0 aliphatic heterocycles. The molecule has 23 heteroatoms. The number of aliphatic imine (C=N–C) groups is 2. The molecule has 0 spiro atoms. The van der Waals surface area contributed by atoms with E-state index in [0.29, 0.717) is 19.3 Å². The number of carboxylic acids is 1. The van der Waals surface area contributed by atoms with Crippen molar-refractivity contribution in [3.8, 4) is 0 Å². The number of phosphoric ester groups is 1. The van der Waals surface area contributed by atoms with Crippen LogP contribution >= 0.6 is 7.82 Å². The fourth-order valence-corrected chi connectivity index (χ4v) is 4.47. The van der Waals surface area contributed by atoms with Gasteiger partial charge in [0.2, 0.25) is 23.6 Å². The Hall–Kier alpha value is -4.08. The zero-order chi connectivity index (χ0) is 37.7. The minimum Gasteiger partial charge on any atom is -0.480 e. The summed E-state index contributed by atoms with van der Waals surface area (Å²) in [5, 5.41) is 19.0. The van der Waals surface area contributed by atoms with Crippen molar-refractivity contribution in [3.05, 3.63) is 0 Å². The molecule has 0 aromatic heterocycles. The summed E-state index contributed by atoms with van der Waals surface area (Å²) in [7, 11) is -5.14. The van der Waals surface area contributed by atoms with Crippen LogP contribution in [0.3, 0.4) is 0 Å². The summed E-state index contributed by atoms with van der Waals surface area (Å²) < 4.78 is 15.8. The fourth-order valence-electron chi connectivity index (χ4n) is 4.13. The molecule has 5 atom stereocenters. The first-order valence-corrected chi connectivity index (χ1v) is 17.0. The first-order valence-electron chi connectivity index (χ1n) is 15.5. The van der Waals surface area contributed by atoms with Crippen molar-refractivity contribution in [1.82, 2.24) is 21.3 Å². The molecule has 49 heavy (non-hydrogen) atoms. The molecule has 0 unspecified atom stereocenters. The van der Waals surface area contributed by atoms with Crippen molar-refractivity contribution in [2.75, 3.05) is 26.2 Å². The predicted octanol–water partition coefficient (Wildman–Crippen LogP) is -4.66. The van der Waals surface area contributed by atoms with Crippen LogP contribution < -0.4 is 55.7 Å². The second kappa shape index (κ2) is 23.3. The second-order valence-corrected chi connectivity index (χ2v) is 12.6. The van der Waals surface area contributed by atoms with Crippen LogP contribution in [0.25, 0.3) is 0 Å². The summed E-state index contributed by atoms with van der Waals surface area (Å²) in [5.74, 6) is -5.88. The molecule has 0 saturated heterocycles. The number of carboxylic acid groups (broad SMARTS) is 1. The third-order valence-corrected chi connectivity index (χ3v) is 7.22. The number of aliphatic carboxylic acids is 1. The molecule has 0 bridgehead atoms. The third-order valence-electron chi connectivity index (χ3n) is 6.74. The van der Waals surface area contributed by atoms with E-state index < -0.39 is 80.2 Å². The van der Waals surface area contributed by atoms with E-state index in [0.717, 1.165) is 0 Å². The Balaban J connectivity index is 6.12. The number of hydrogen-bond acceptors (Lipinski definition) is 11. The Bertz CT molecular complexity index is 1190. The Kier molecular flexibility index (Phi) is 21.4. The summed E-state index contributed by atoms with van der Waals surface area (Å²) >= 11 is 0. The highest BCUT2D eigenvalue weighted by atomic mass is 31.2. The summed E-state index contributed by atoms with van der Waals surface area (Å²) in [5.41, 5.74) is 32.9. The lowest BCUT2D eigenvalue weighted by Crippen LogP contribution is -2.59. The van der Waals surface area contributed by atoms with Crippen LogP contribution in [0.2, 0.25) is 0 Å². The Labute approximate surface area is 284 Å². The summed E-state index contributed by atoms with van der Waals surface area (Å²) in [4.78, 5) is 90.5. The van der Waals surface area contributed by atoms with Crippen molar-refractivity contribution in [2.45, 2.75) is 89.0 Å². The number of carbonyl (C=O) groups excluding carboxylic acids is 4. The molecule has 0 aromatic carbocycles. The highest BCUT2D eigenvalue weighted by molar-refractivity contribution is 7.46. The number of rotatable bonds is 25. The molecule has 282 valence electrons. The number of carbonyl (C=O) groups is 5. The van der Waals surface area contributed by atoms with Crippen molar-refractivity contribution < 1.29 is 48.0 Å². The number of nitrogens with two attached hydrogens (primary N) is 6.